The van der Waals surface area contributed by atoms with Gasteiger partial charge in [0.15, 0.2) is 0 Å². The van der Waals surface area contributed by atoms with Gasteiger partial charge in [0.2, 0.25) is 0 Å². The second-order valence-corrected chi connectivity index (χ2v) is 8.13. The third-order valence-electron chi connectivity index (χ3n) is 4.97. The third kappa shape index (κ3) is 4.48. The van der Waals surface area contributed by atoms with Crippen LogP contribution in [0.5, 0.6) is 0 Å². The number of rotatable bonds is 6. The highest BCUT2D eigenvalue weighted by molar-refractivity contribution is 8.14. The van der Waals surface area contributed by atoms with Crippen LogP contribution in [0.25, 0.3) is 0 Å². The van der Waals surface area contributed by atoms with E-state index in [0.29, 0.717) is 17.2 Å². The number of hydrogen-bond acceptors (Lipinski definition) is 3. The zero-order valence-electron chi connectivity index (χ0n) is 14.0. The lowest BCUT2D eigenvalue weighted by Gasteiger charge is -2.28. The lowest BCUT2D eigenvalue weighted by atomic mass is 9.83. The summed E-state index contributed by atoms with van der Waals surface area (Å²) in [7, 11) is 0. The van der Waals surface area contributed by atoms with Gasteiger partial charge in [-0.05, 0) is 37.2 Å². The van der Waals surface area contributed by atoms with Gasteiger partial charge in [-0.1, -0.05) is 43.3 Å². The van der Waals surface area contributed by atoms with Crippen LogP contribution < -0.4 is 0 Å². The van der Waals surface area contributed by atoms with Crippen molar-refractivity contribution in [3.8, 4) is 0 Å². The zero-order chi connectivity index (χ0) is 16.1. The second-order valence-electron chi connectivity index (χ2n) is 6.73. The Morgan fingerprint density at radius 1 is 1.22 bits per heavy atom. The summed E-state index contributed by atoms with van der Waals surface area (Å²) >= 11 is 1.97. The van der Waals surface area contributed by atoms with Crippen LogP contribution in [-0.2, 0) is 11.3 Å². The smallest absolute Gasteiger partial charge is 0.0806 e. The SMILES string of the molecule is C=CC1N=C(C2CCC(COCc3ccccc3)CC2)SC1C. The van der Waals surface area contributed by atoms with E-state index in [-0.39, 0.29) is 0 Å². The Morgan fingerprint density at radius 2 is 1.96 bits per heavy atom. The summed E-state index contributed by atoms with van der Waals surface area (Å²) in [5.74, 6) is 1.40. The van der Waals surface area contributed by atoms with Crippen LogP contribution >= 0.6 is 11.8 Å². The first-order chi connectivity index (χ1) is 11.3. The lowest BCUT2D eigenvalue weighted by Crippen LogP contribution is -2.22. The average Bonchev–Trinajstić information content (AvgIpc) is 2.97. The molecule has 0 bridgehead atoms. The molecule has 0 spiro atoms. The summed E-state index contributed by atoms with van der Waals surface area (Å²) in [5, 5.41) is 1.94. The molecule has 2 nitrogen and oxygen atoms in total. The number of benzene rings is 1. The predicted octanol–water partition coefficient (Wildman–Crippen LogP) is 5.10. The van der Waals surface area contributed by atoms with Gasteiger partial charge in [0.1, 0.15) is 0 Å². The van der Waals surface area contributed by atoms with E-state index in [1.54, 1.807) is 0 Å². The first-order valence-corrected chi connectivity index (χ1v) is 9.63. The van der Waals surface area contributed by atoms with Crippen LogP contribution in [0, 0.1) is 11.8 Å². The normalized spacial score (nSPS) is 30.9. The minimum absolute atomic E-state index is 0.321. The first-order valence-electron chi connectivity index (χ1n) is 8.75. The molecule has 1 aromatic rings. The van der Waals surface area contributed by atoms with Crippen molar-refractivity contribution < 1.29 is 4.74 Å². The van der Waals surface area contributed by atoms with Crippen LogP contribution in [0.3, 0.4) is 0 Å². The molecule has 3 rings (SSSR count). The Balaban J connectivity index is 1.40. The molecule has 1 aliphatic carbocycles. The summed E-state index contributed by atoms with van der Waals surface area (Å²) in [6.45, 7) is 7.80. The van der Waals surface area contributed by atoms with Gasteiger partial charge in [0, 0.05) is 17.8 Å². The Morgan fingerprint density at radius 3 is 2.61 bits per heavy atom. The zero-order valence-corrected chi connectivity index (χ0v) is 14.8. The molecule has 1 saturated carbocycles. The Hall–Kier alpha value is -1.06. The van der Waals surface area contributed by atoms with Gasteiger partial charge in [0.05, 0.1) is 17.7 Å². The van der Waals surface area contributed by atoms with Crippen molar-refractivity contribution in [2.45, 2.75) is 50.5 Å². The average molecular weight is 330 g/mol. The minimum atomic E-state index is 0.321. The number of aliphatic imine (C=N–C) groups is 1. The van der Waals surface area contributed by atoms with E-state index < -0.39 is 0 Å². The van der Waals surface area contributed by atoms with Gasteiger partial charge in [-0.25, -0.2) is 0 Å². The van der Waals surface area contributed by atoms with Crippen molar-refractivity contribution in [3.63, 3.8) is 0 Å². The fraction of sp³-hybridized carbons (Fsp3) is 0.550. The van der Waals surface area contributed by atoms with Gasteiger partial charge < -0.3 is 4.74 Å². The fourth-order valence-electron chi connectivity index (χ4n) is 3.48. The van der Waals surface area contributed by atoms with E-state index in [2.05, 4.69) is 37.8 Å². The largest absolute Gasteiger partial charge is 0.376 e. The van der Waals surface area contributed by atoms with E-state index in [1.165, 1.54) is 36.3 Å². The molecule has 0 amide bonds. The standard InChI is InChI=1S/C20H27NOS/c1-3-19-15(2)23-20(21-19)18-11-9-17(10-12-18)14-22-13-16-7-5-4-6-8-16/h3-8,15,17-19H,1,9-14H2,2H3. The molecule has 0 N–H and O–H groups in total. The molecule has 1 aliphatic heterocycles. The molecular weight excluding hydrogens is 302 g/mol. The molecule has 3 heteroatoms. The molecular formula is C20H27NOS. The maximum Gasteiger partial charge on any atom is 0.0806 e. The van der Waals surface area contributed by atoms with E-state index in [1.807, 2.05) is 23.9 Å². The fourth-order valence-corrected chi connectivity index (χ4v) is 4.79. The highest BCUT2D eigenvalue weighted by Gasteiger charge is 2.31. The molecule has 0 aromatic heterocycles. The van der Waals surface area contributed by atoms with Crippen molar-refractivity contribution in [2.24, 2.45) is 16.8 Å². The first kappa shape index (κ1) is 16.8. The van der Waals surface area contributed by atoms with Crippen molar-refractivity contribution in [1.82, 2.24) is 0 Å². The van der Waals surface area contributed by atoms with Crippen LogP contribution in [0.4, 0.5) is 0 Å². The van der Waals surface area contributed by atoms with Crippen LogP contribution in [0.1, 0.15) is 38.2 Å². The minimum Gasteiger partial charge on any atom is -0.376 e. The van der Waals surface area contributed by atoms with Crippen LogP contribution in [0.15, 0.2) is 48.0 Å². The Kier molecular flexibility index (Phi) is 5.96. The van der Waals surface area contributed by atoms with Crippen molar-refractivity contribution in [3.05, 3.63) is 48.6 Å². The van der Waals surface area contributed by atoms with Crippen molar-refractivity contribution in [1.29, 1.82) is 0 Å². The molecule has 2 atom stereocenters. The molecule has 1 fully saturated rings. The molecule has 2 unspecified atom stereocenters. The summed E-state index contributed by atoms with van der Waals surface area (Å²) < 4.78 is 5.92. The number of nitrogens with zero attached hydrogens (tertiary/aromatic N) is 1. The summed E-state index contributed by atoms with van der Waals surface area (Å²) in [4.78, 5) is 4.87. The summed E-state index contributed by atoms with van der Waals surface area (Å²) in [6, 6.07) is 10.8. The van der Waals surface area contributed by atoms with Crippen molar-refractivity contribution in [2.75, 3.05) is 6.61 Å². The Labute approximate surface area is 144 Å². The van der Waals surface area contributed by atoms with Gasteiger partial charge in [-0.15, -0.1) is 18.3 Å². The molecule has 124 valence electrons. The number of hydrogen-bond donors (Lipinski definition) is 0. The molecule has 1 aromatic carbocycles. The van der Waals surface area contributed by atoms with E-state index in [4.69, 9.17) is 9.73 Å². The second kappa shape index (κ2) is 8.16. The number of thioether (sulfide) groups is 1. The van der Waals surface area contributed by atoms with Gasteiger partial charge in [-0.2, -0.15) is 0 Å². The third-order valence-corrected chi connectivity index (χ3v) is 6.30. The molecule has 1 heterocycles. The highest BCUT2D eigenvalue weighted by Crippen LogP contribution is 2.38. The lowest BCUT2D eigenvalue weighted by molar-refractivity contribution is 0.0711. The maximum atomic E-state index is 5.92. The van der Waals surface area contributed by atoms with Gasteiger partial charge in [-0.3, -0.25) is 4.99 Å². The van der Waals surface area contributed by atoms with Gasteiger partial charge >= 0.3 is 0 Å². The van der Waals surface area contributed by atoms with Crippen LogP contribution in [0.2, 0.25) is 0 Å². The highest BCUT2D eigenvalue weighted by atomic mass is 32.2. The Bertz CT molecular complexity index is 534. The topological polar surface area (TPSA) is 21.6 Å². The summed E-state index contributed by atoms with van der Waals surface area (Å²) in [5.41, 5.74) is 1.27. The molecule has 23 heavy (non-hydrogen) atoms. The predicted molar refractivity (Wildman–Crippen MR) is 100 cm³/mol. The molecule has 2 aliphatic rings. The van der Waals surface area contributed by atoms with E-state index >= 15 is 0 Å². The van der Waals surface area contributed by atoms with Gasteiger partial charge in [0.25, 0.3) is 0 Å². The monoisotopic (exact) mass is 329 g/mol. The summed E-state index contributed by atoms with van der Waals surface area (Å²) in [6.07, 6.45) is 7.07. The molecule has 0 saturated heterocycles. The van der Waals surface area contributed by atoms with E-state index in [0.717, 1.165) is 19.1 Å². The van der Waals surface area contributed by atoms with Crippen LogP contribution in [-0.4, -0.2) is 22.9 Å². The van der Waals surface area contributed by atoms with E-state index in [9.17, 15) is 0 Å². The van der Waals surface area contributed by atoms with Crippen molar-refractivity contribution >= 4 is 16.8 Å². The number of ether oxygens (including phenoxy) is 1. The quantitative estimate of drug-likeness (QED) is 0.677. The maximum absolute atomic E-state index is 5.92. The molecule has 0 radical (unpaired) electrons.